The number of aliphatic hydroxyl groups is 1. The van der Waals surface area contributed by atoms with E-state index >= 15 is 0 Å². The van der Waals surface area contributed by atoms with Gasteiger partial charge in [0.2, 0.25) is 0 Å². The van der Waals surface area contributed by atoms with E-state index in [9.17, 15) is 5.11 Å². The summed E-state index contributed by atoms with van der Waals surface area (Å²) < 4.78 is 5.59. The quantitative estimate of drug-likeness (QED) is 0.709. The molecule has 4 heteroatoms. The highest BCUT2D eigenvalue weighted by atomic mass is 16.5. The maximum atomic E-state index is 9.89. The van der Waals surface area contributed by atoms with Crippen molar-refractivity contribution in [2.24, 2.45) is 5.92 Å². The Kier molecular flexibility index (Phi) is 5.01. The molecule has 0 aromatic rings. The second kappa shape index (κ2) is 6.33. The van der Waals surface area contributed by atoms with Crippen molar-refractivity contribution < 1.29 is 9.84 Å². The van der Waals surface area contributed by atoms with Crippen LogP contribution in [0.2, 0.25) is 0 Å². The molecule has 2 aliphatic rings. The molecular formula is C14H28N2O2. The molecule has 1 saturated heterocycles. The monoisotopic (exact) mass is 256 g/mol. The zero-order valence-corrected chi connectivity index (χ0v) is 11.8. The molecule has 1 aliphatic carbocycles. The van der Waals surface area contributed by atoms with Crippen molar-refractivity contribution in [2.45, 2.75) is 44.8 Å². The molecule has 1 aliphatic heterocycles. The first kappa shape index (κ1) is 14.3. The molecule has 4 nitrogen and oxygen atoms in total. The molecular weight excluding hydrogens is 228 g/mol. The molecule has 2 rings (SSSR count). The molecule has 2 unspecified atom stereocenters. The van der Waals surface area contributed by atoms with E-state index in [4.69, 9.17) is 4.74 Å². The average molecular weight is 256 g/mol. The highest BCUT2D eigenvalue weighted by molar-refractivity contribution is 5.03. The topological polar surface area (TPSA) is 44.7 Å². The van der Waals surface area contributed by atoms with Crippen LogP contribution in [0.1, 0.15) is 33.1 Å². The van der Waals surface area contributed by atoms with Gasteiger partial charge in [-0.2, -0.15) is 0 Å². The molecule has 2 fully saturated rings. The van der Waals surface area contributed by atoms with Crippen molar-refractivity contribution in [3.63, 3.8) is 0 Å². The minimum absolute atomic E-state index is 0.0763. The van der Waals surface area contributed by atoms with Crippen molar-refractivity contribution in [1.82, 2.24) is 10.2 Å². The lowest BCUT2D eigenvalue weighted by Crippen LogP contribution is -2.60. The van der Waals surface area contributed by atoms with Gasteiger partial charge >= 0.3 is 0 Å². The normalized spacial score (nSPS) is 29.2. The van der Waals surface area contributed by atoms with Gasteiger partial charge in [0.25, 0.3) is 0 Å². The van der Waals surface area contributed by atoms with Gasteiger partial charge in [-0.3, -0.25) is 4.90 Å². The molecule has 18 heavy (non-hydrogen) atoms. The van der Waals surface area contributed by atoms with Crippen LogP contribution in [0.25, 0.3) is 0 Å². The molecule has 2 N–H and O–H groups in total. The Morgan fingerprint density at radius 2 is 2.22 bits per heavy atom. The van der Waals surface area contributed by atoms with Gasteiger partial charge in [0.05, 0.1) is 24.9 Å². The maximum Gasteiger partial charge on any atom is 0.0674 e. The smallest absolute Gasteiger partial charge is 0.0674 e. The molecule has 0 bridgehead atoms. The fourth-order valence-electron chi connectivity index (χ4n) is 3.01. The Labute approximate surface area is 111 Å². The Morgan fingerprint density at radius 1 is 1.44 bits per heavy atom. The second-order valence-electron chi connectivity index (χ2n) is 5.93. The van der Waals surface area contributed by atoms with E-state index in [1.807, 2.05) is 0 Å². The highest BCUT2D eigenvalue weighted by Gasteiger charge is 2.45. The number of rotatable bonds is 7. The van der Waals surface area contributed by atoms with Crippen molar-refractivity contribution in [3.8, 4) is 0 Å². The number of morpholine rings is 1. The zero-order valence-electron chi connectivity index (χ0n) is 11.8. The fraction of sp³-hybridized carbons (Fsp3) is 1.00. The minimum Gasteiger partial charge on any atom is -0.394 e. The van der Waals surface area contributed by atoms with Gasteiger partial charge in [0.1, 0.15) is 0 Å². The van der Waals surface area contributed by atoms with Crippen LogP contribution in [-0.2, 0) is 4.74 Å². The summed E-state index contributed by atoms with van der Waals surface area (Å²) in [5, 5.41) is 13.5. The molecule has 0 amide bonds. The molecule has 0 aromatic carbocycles. The summed E-state index contributed by atoms with van der Waals surface area (Å²) in [6.07, 6.45) is 3.96. The van der Waals surface area contributed by atoms with Gasteiger partial charge in [-0.1, -0.05) is 6.92 Å². The average Bonchev–Trinajstić information content (AvgIpc) is 3.19. The predicted molar refractivity (Wildman–Crippen MR) is 72.7 cm³/mol. The van der Waals surface area contributed by atoms with Crippen LogP contribution in [-0.4, -0.2) is 61.0 Å². The van der Waals surface area contributed by atoms with Gasteiger partial charge in [-0.05, 0) is 38.6 Å². The van der Waals surface area contributed by atoms with Gasteiger partial charge in [0, 0.05) is 19.6 Å². The number of nitrogens with zero attached hydrogens (tertiary/aromatic N) is 1. The molecule has 106 valence electrons. The van der Waals surface area contributed by atoms with Gasteiger partial charge in [-0.15, -0.1) is 0 Å². The molecule has 1 saturated carbocycles. The third kappa shape index (κ3) is 3.44. The van der Waals surface area contributed by atoms with E-state index < -0.39 is 0 Å². The van der Waals surface area contributed by atoms with E-state index in [-0.39, 0.29) is 12.1 Å². The Morgan fingerprint density at radius 3 is 2.78 bits per heavy atom. The van der Waals surface area contributed by atoms with Crippen LogP contribution in [0.15, 0.2) is 0 Å². The summed E-state index contributed by atoms with van der Waals surface area (Å²) in [5.41, 5.74) is -0.0763. The maximum absolute atomic E-state index is 9.89. The zero-order chi connectivity index (χ0) is 13.0. The first-order valence-corrected chi connectivity index (χ1v) is 7.40. The third-order valence-corrected chi connectivity index (χ3v) is 4.20. The van der Waals surface area contributed by atoms with Crippen LogP contribution in [0, 0.1) is 5.92 Å². The van der Waals surface area contributed by atoms with E-state index in [1.54, 1.807) is 0 Å². The summed E-state index contributed by atoms with van der Waals surface area (Å²) in [4.78, 5) is 2.45. The van der Waals surface area contributed by atoms with Crippen molar-refractivity contribution in [2.75, 3.05) is 39.4 Å². The number of nitrogens with one attached hydrogen (secondary N) is 1. The Hall–Kier alpha value is -0.160. The summed E-state index contributed by atoms with van der Waals surface area (Å²) in [6.45, 7) is 9.32. The molecule has 2 atom stereocenters. The number of aliphatic hydroxyl groups excluding tert-OH is 1. The Bertz CT molecular complexity index is 258. The Balaban J connectivity index is 1.94. The minimum atomic E-state index is -0.0763. The van der Waals surface area contributed by atoms with Crippen LogP contribution in [0.4, 0.5) is 0 Å². The second-order valence-corrected chi connectivity index (χ2v) is 5.93. The first-order chi connectivity index (χ1) is 8.70. The molecule has 0 radical (unpaired) electrons. The fourth-order valence-corrected chi connectivity index (χ4v) is 3.01. The summed E-state index contributed by atoms with van der Waals surface area (Å²) in [5.74, 6) is 0.659. The van der Waals surface area contributed by atoms with Crippen molar-refractivity contribution in [1.29, 1.82) is 0 Å². The van der Waals surface area contributed by atoms with Crippen LogP contribution >= 0.6 is 0 Å². The van der Waals surface area contributed by atoms with E-state index in [1.165, 1.54) is 12.8 Å². The van der Waals surface area contributed by atoms with E-state index in [0.717, 1.165) is 39.2 Å². The summed E-state index contributed by atoms with van der Waals surface area (Å²) >= 11 is 0. The van der Waals surface area contributed by atoms with Gasteiger partial charge < -0.3 is 15.2 Å². The molecule has 0 aromatic heterocycles. The number of hydrogen-bond donors (Lipinski definition) is 2. The highest BCUT2D eigenvalue weighted by Crippen LogP contribution is 2.40. The van der Waals surface area contributed by atoms with Gasteiger partial charge in [-0.25, -0.2) is 0 Å². The molecule has 0 spiro atoms. The predicted octanol–water partition coefficient (Wildman–Crippen LogP) is 0.848. The number of hydrogen-bond acceptors (Lipinski definition) is 4. The molecule has 1 heterocycles. The standard InChI is InChI=1S/C14H28N2O2/c1-3-6-15-14(11-17,13-4-5-13)10-16-7-8-18-12(2)9-16/h12-13,15,17H,3-11H2,1-2H3. The van der Waals surface area contributed by atoms with E-state index in [2.05, 4.69) is 24.1 Å². The van der Waals surface area contributed by atoms with Crippen molar-refractivity contribution in [3.05, 3.63) is 0 Å². The van der Waals surface area contributed by atoms with Gasteiger partial charge in [0.15, 0.2) is 0 Å². The van der Waals surface area contributed by atoms with Crippen molar-refractivity contribution >= 4 is 0 Å². The first-order valence-electron chi connectivity index (χ1n) is 7.40. The van der Waals surface area contributed by atoms with Crippen LogP contribution in [0.3, 0.4) is 0 Å². The largest absolute Gasteiger partial charge is 0.394 e. The van der Waals surface area contributed by atoms with E-state index in [0.29, 0.717) is 12.0 Å². The lowest BCUT2D eigenvalue weighted by atomic mass is 9.92. The van der Waals surface area contributed by atoms with Crippen LogP contribution in [0.5, 0.6) is 0 Å². The summed E-state index contributed by atoms with van der Waals surface area (Å²) in [7, 11) is 0. The lowest BCUT2D eigenvalue weighted by Gasteiger charge is -2.41. The summed E-state index contributed by atoms with van der Waals surface area (Å²) in [6, 6.07) is 0. The lowest BCUT2D eigenvalue weighted by molar-refractivity contribution is -0.0344. The number of ether oxygens (including phenoxy) is 1. The van der Waals surface area contributed by atoms with Crippen LogP contribution < -0.4 is 5.32 Å². The third-order valence-electron chi connectivity index (χ3n) is 4.20. The SMILES string of the molecule is CCCNC(CO)(CN1CCOC(C)C1)C1CC1.